The lowest BCUT2D eigenvalue weighted by molar-refractivity contribution is -0.120. The zero-order valence-corrected chi connectivity index (χ0v) is 11.1. The summed E-state index contributed by atoms with van der Waals surface area (Å²) in [4.78, 5) is 12.7. The van der Waals surface area contributed by atoms with E-state index in [4.69, 9.17) is 0 Å². The fraction of sp³-hybridized carbons (Fsp3) is 0.188. The smallest absolute Gasteiger partial charge is 0.253 e. The molecule has 0 saturated heterocycles. The first-order valence-electron chi connectivity index (χ1n) is 6.35. The number of carbonyl (C=O) groups excluding carboxylic acids is 1. The first-order chi connectivity index (χ1) is 9.20. The summed E-state index contributed by atoms with van der Waals surface area (Å²) < 4.78 is 0. The topological polar surface area (TPSA) is 23.6 Å². The van der Waals surface area contributed by atoms with Gasteiger partial charge in [0.25, 0.3) is 5.91 Å². The average molecular weight is 252 g/mol. The summed E-state index contributed by atoms with van der Waals surface area (Å²) in [6, 6.07) is 17.9. The fourth-order valence-electron chi connectivity index (χ4n) is 2.68. The van der Waals surface area contributed by atoms with E-state index in [0.717, 1.165) is 16.8 Å². The second kappa shape index (κ2) is 4.52. The van der Waals surface area contributed by atoms with Crippen LogP contribution >= 0.6 is 0 Å². The van der Waals surface area contributed by atoms with E-state index in [1.807, 2.05) is 73.7 Å². The highest BCUT2D eigenvalue weighted by molar-refractivity contribution is 6.06. The number of anilines is 1. The molecule has 0 N–H and O–H groups in total. The highest BCUT2D eigenvalue weighted by Gasteiger charge is 2.39. The maximum absolute atomic E-state index is 12.7. The minimum atomic E-state index is -0.195. The molecule has 1 unspecified atom stereocenters. The van der Waals surface area contributed by atoms with E-state index >= 15 is 0 Å². The zero-order chi connectivity index (χ0) is 13.4. The van der Waals surface area contributed by atoms with Gasteiger partial charge in [0.1, 0.15) is 0 Å². The normalized spacial score (nSPS) is 17.9. The molecule has 3 heteroatoms. The van der Waals surface area contributed by atoms with Crippen molar-refractivity contribution in [1.82, 2.24) is 5.01 Å². The number of amides is 1. The van der Waals surface area contributed by atoms with Crippen molar-refractivity contribution < 1.29 is 4.79 Å². The highest BCUT2D eigenvalue weighted by Crippen LogP contribution is 2.41. The molecule has 1 atom stereocenters. The quantitative estimate of drug-likeness (QED) is 0.820. The van der Waals surface area contributed by atoms with Crippen LogP contribution in [-0.2, 0) is 4.79 Å². The number of nitrogens with zero attached hydrogens (tertiary/aromatic N) is 2. The van der Waals surface area contributed by atoms with Gasteiger partial charge in [0.05, 0.1) is 11.6 Å². The largest absolute Gasteiger partial charge is 0.272 e. The maximum Gasteiger partial charge on any atom is 0.253 e. The van der Waals surface area contributed by atoms with Crippen LogP contribution in [0.3, 0.4) is 0 Å². The van der Waals surface area contributed by atoms with Gasteiger partial charge in [-0.1, -0.05) is 48.5 Å². The third-order valence-electron chi connectivity index (χ3n) is 3.46. The molecule has 0 fully saturated rings. The van der Waals surface area contributed by atoms with Crippen LogP contribution in [0.2, 0.25) is 0 Å². The molecule has 0 aromatic heterocycles. The predicted molar refractivity (Wildman–Crippen MR) is 75.9 cm³/mol. The number of carbonyl (C=O) groups is 1. The van der Waals surface area contributed by atoms with Crippen LogP contribution in [0.15, 0.2) is 54.6 Å². The summed E-state index contributed by atoms with van der Waals surface area (Å²) in [5.41, 5.74) is 3.10. The Labute approximate surface area is 113 Å². The monoisotopic (exact) mass is 252 g/mol. The van der Waals surface area contributed by atoms with Crippen LogP contribution in [0, 0.1) is 0 Å². The highest BCUT2D eigenvalue weighted by atomic mass is 16.2. The summed E-state index contributed by atoms with van der Waals surface area (Å²) >= 11 is 0. The second-order valence-electron chi connectivity index (χ2n) is 4.90. The molecule has 0 saturated carbocycles. The Morgan fingerprint density at radius 2 is 1.58 bits per heavy atom. The molecule has 1 amide bonds. The molecule has 0 bridgehead atoms. The summed E-state index contributed by atoms with van der Waals surface area (Å²) in [6.07, 6.45) is 0. The lowest BCUT2D eigenvalue weighted by Gasteiger charge is -2.25. The molecule has 3 rings (SSSR count). The van der Waals surface area contributed by atoms with Crippen LogP contribution in [0.25, 0.3) is 0 Å². The van der Waals surface area contributed by atoms with Crippen LogP contribution in [0.1, 0.15) is 17.0 Å². The number of fused-ring (bicyclic) bond motifs is 1. The molecule has 0 radical (unpaired) electrons. The summed E-state index contributed by atoms with van der Waals surface area (Å²) in [5, 5.41) is 3.58. The molecule has 0 spiro atoms. The molecule has 3 nitrogen and oxygen atoms in total. The Balaban J connectivity index is 2.15. The van der Waals surface area contributed by atoms with E-state index in [9.17, 15) is 4.79 Å². The van der Waals surface area contributed by atoms with E-state index in [1.165, 1.54) is 0 Å². The zero-order valence-electron chi connectivity index (χ0n) is 11.1. The van der Waals surface area contributed by atoms with Crippen LogP contribution in [-0.4, -0.2) is 25.0 Å². The van der Waals surface area contributed by atoms with Crippen LogP contribution in [0.5, 0.6) is 0 Å². The molecule has 0 aliphatic carbocycles. The van der Waals surface area contributed by atoms with Crippen molar-refractivity contribution in [3.8, 4) is 0 Å². The van der Waals surface area contributed by atoms with E-state index in [-0.39, 0.29) is 11.8 Å². The van der Waals surface area contributed by atoms with Crippen molar-refractivity contribution in [3.05, 3.63) is 65.7 Å². The summed E-state index contributed by atoms with van der Waals surface area (Å²) in [7, 11) is 3.78. The molecule has 1 aliphatic heterocycles. The lowest BCUT2D eigenvalue weighted by atomic mass is 9.93. The average Bonchev–Trinajstić information content (AvgIpc) is 2.71. The lowest BCUT2D eigenvalue weighted by Crippen LogP contribution is -2.40. The molecule has 1 aliphatic rings. The van der Waals surface area contributed by atoms with Gasteiger partial charge in [0, 0.05) is 14.1 Å². The standard InChI is InChI=1S/C16H16N2O/c1-17(2)18-14-11-7-6-10-13(14)15(16(18)19)12-8-4-3-5-9-12/h3-11,15H,1-2H3. The first kappa shape index (κ1) is 11.9. The Bertz CT molecular complexity index is 607. The third kappa shape index (κ3) is 1.83. The van der Waals surface area contributed by atoms with Gasteiger partial charge in [-0.15, -0.1) is 0 Å². The van der Waals surface area contributed by atoms with Crippen molar-refractivity contribution in [3.63, 3.8) is 0 Å². The maximum atomic E-state index is 12.7. The SMILES string of the molecule is CN(C)N1C(=O)C(c2ccccc2)c2ccccc21. The van der Waals surface area contributed by atoms with Gasteiger partial charge in [-0.05, 0) is 17.2 Å². The number of benzene rings is 2. The third-order valence-corrected chi connectivity index (χ3v) is 3.46. The number of hydrogen-bond acceptors (Lipinski definition) is 2. The second-order valence-corrected chi connectivity index (χ2v) is 4.90. The van der Waals surface area contributed by atoms with Gasteiger partial charge in [0.15, 0.2) is 0 Å². The minimum Gasteiger partial charge on any atom is -0.272 e. The number of para-hydroxylation sites is 1. The van der Waals surface area contributed by atoms with Crippen molar-refractivity contribution in [1.29, 1.82) is 0 Å². The van der Waals surface area contributed by atoms with E-state index in [1.54, 1.807) is 5.01 Å². The Morgan fingerprint density at radius 1 is 0.947 bits per heavy atom. The van der Waals surface area contributed by atoms with Gasteiger partial charge < -0.3 is 0 Å². The van der Waals surface area contributed by atoms with Gasteiger partial charge in [0.2, 0.25) is 0 Å². The first-order valence-corrected chi connectivity index (χ1v) is 6.35. The molecule has 96 valence electrons. The van der Waals surface area contributed by atoms with Gasteiger partial charge in [-0.2, -0.15) is 0 Å². The van der Waals surface area contributed by atoms with Gasteiger partial charge in [-0.3, -0.25) is 4.79 Å². The summed E-state index contributed by atoms with van der Waals surface area (Å²) in [6.45, 7) is 0. The number of hydrazine groups is 1. The van der Waals surface area contributed by atoms with E-state index in [0.29, 0.717) is 0 Å². The van der Waals surface area contributed by atoms with Gasteiger partial charge in [-0.25, -0.2) is 10.0 Å². The fourth-order valence-corrected chi connectivity index (χ4v) is 2.68. The van der Waals surface area contributed by atoms with Crippen molar-refractivity contribution in [2.75, 3.05) is 19.1 Å². The van der Waals surface area contributed by atoms with E-state index in [2.05, 4.69) is 0 Å². The minimum absolute atomic E-state index is 0.109. The van der Waals surface area contributed by atoms with E-state index < -0.39 is 0 Å². The van der Waals surface area contributed by atoms with Crippen LogP contribution in [0.4, 0.5) is 5.69 Å². The Hall–Kier alpha value is -2.13. The predicted octanol–water partition coefficient (Wildman–Crippen LogP) is 2.64. The summed E-state index contributed by atoms with van der Waals surface area (Å²) in [5.74, 6) is -0.0859. The Morgan fingerprint density at radius 3 is 2.26 bits per heavy atom. The molecular formula is C16H16N2O. The molecule has 2 aromatic rings. The Kier molecular flexibility index (Phi) is 2.84. The van der Waals surface area contributed by atoms with Crippen LogP contribution < -0.4 is 5.01 Å². The van der Waals surface area contributed by atoms with Gasteiger partial charge >= 0.3 is 0 Å². The van der Waals surface area contributed by atoms with Crippen molar-refractivity contribution >= 4 is 11.6 Å². The van der Waals surface area contributed by atoms with Crippen molar-refractivity contribution in [2.45, 2.75) is 5.92 Å². The number of hydrogen-bond donors (Lipinski definition) is 0. The molecule has 2 aromatic carbocycles. The van der Waals surface area contributed by atoms with Crippen molar-refractivity contribution in [2.24, 2.45) is 0 Å². The molecule has 1 heterocycles. The molecule has 19 heavy (non-hydrogen) atoms. The number of rotatable bonds is 2. The molecular weight excluding hydrogens is 236 g/mol.